The molecule has 0 aromatic heterocycles. The molecule has 1 N–H and O–H groups in total. The summed E-state index contributed by atoms with van der Waals surface area (Å²) in [7, 11) is 1.47. The van der Waals surface area contributed by atoms with Gasteiger partial charge in [-0.2, -0.15) is 0 Å². The normalized spacial score (nSPS) is 50.3. The van der Waals surface area contributed by atoms with Gasteiger partial charge in [-0.3, -0.25) is 9.59 Å². The van der Waals surface area contributed by atoms with E-state index in [9.17, 15) is 14.7 Å². The number of carbonyl (C=O) groups is 2. The van der Waals surface area contributed by atoms with Crippen LogP contribution in [-0.2, 0) is 14.3 Å². The van der Waals surface area contributed by atoms with Crippen LogP contribution in [0.25, 0.3) is 0 Å². The molecule has 0 radical (unpaired) electrons. The van der Waals surface area contributed by atoms with Gasteiger partial charge in [-0.15, -0.1) is 0 Å². The van der Waals surface area contributed by atoms with Crippen molar-refractivity contribution >= 4 is 11.8 Å². The van der Waals surface area contributed by atoms with Gasteiger partial charge in [0.05, 0.1) is 19.1 Å². The lowest BCUT2D eigenvalue weighted by molar-refractivity contribution is -0.165. The Morgan fingerprint density at radius 2 is 1.89 bits per heavy atom. The third kappa shape index (κ3) is 2.73. The molecule has 4 aliphatic carbocycles. The van der Waals surface area contributed by atoms with Gasteiger partial charge in [0.2, 0.25) is 0 Å². The van der Waals surface area contributed by atoms with Crippen LogP contribution in [0.4, 0.5) is 0 Å². The minimum absolute atomic E-state index is 0.0621. The van der Waals surface area contributed by atoms with Crippen molar-refractivity contribution in [1.29, 1.82) is 0 Å². The summed E-state index contributed by atoms with van der Waals surface area (Å²) >= 11 is 0. The summed E-state index contributed by atoms with van der Waals surface area (Å²) in [6.45, 7) is 6.60. The summed E-state index contributed by atoms with van der Waals surface area (Å²) in [6, 6.07) is 0. The molecule has 0 aromatic carbocycles. The van der Waals surface area contributed by atoms with E-state index in [1.54, 1.807) is 0 Å². The maximum absolute atomic E-state index is 13.5. The summed E-state index contributed by atoms with van der Waals surface area (Å²) in [4.78, 5) is 25.8. The molecule has 4 aliphatic rings. The van der Waals surface area contributed by atoms with Crippen LogP contribution in [-0.4, -0.2) is 30.1 Å². The number of ketones is 1. The summed E-state index contributed by atoms with van der Waals surface area (Å²) < 4.78 is 5.03. The quantitative estimate of drug-likeness (QED) is 0.740. The van der Waals surface area contributed by atoms with Crippen LogP contribution < -0.4 is 0 Å². The maximum Gasteiger partial charge on any atom is 0.308 e. The van der Waals surface area contributed by atoms with E-state index in [-0.39, 0.29) is 40.7 Å². The van der Waals surface area contributed by atoms with Crippen molar-refractivity contribution in [2.24, 2.45) is 46.3 Å². The van der Waals surface area contributed by atoms with Crippen LogP contribution in [0.5, 0.6) is 0 Å². The van der Waals surface area contributed by atoms with E-state index in [1.165, 1.54) is 7.11 Å². The lowest BCUT2D eigenvalue weighted by Gasteiger charge is -2.60. The minimum Gasteiger partial charge on any atom is -0.469 e. The molecule has 4 heteroatoms. The Labute approximate surface area is 163 Å². The molecular weight excluding hydrogens is 340 g/mol. The highest BCUT2D eigenvalue weighted by atomic mass is 16.5. The molecule has 27 heavy (non-hydrogen) atoms. The first-order valence-electron chi connectivity index (χ1n) is 11.0. The average Bonchev–Trinajstić information content (AvgIpc) is 2.97. The molecule has 4 rings (SSSR count). The van der Waals surface area contributed by atoms with Crippen molar-refractivity contribution in [2.45, 2.75) is 78.2 Å². The van der Waals surface area contributed by atoms with Crippen molar-refractivity contribution in [3.63, 3.8) is 0 Å². The topological polar surface area (TPSA) is 63.6 Å². The van der Waals surface area contributed by atoms with E-state index in [4.69, 9.17) is 4.74 Å². The molecule has 0 saturated heterocycles. The summed E-state index contributed by atoms with van der Waals surface area (Å²) in [5.41, 5.74) is -0.00412. The fourth-order valence-corrected chi connectivity index (χ4v) is 8.26. The third-order valence-corrected chi connectivity index (χ3v) is 9.57. The van der Waals surface area contributed by atoms with Gasteiger partial charge >= 0.3 is 5.97 Å². The van der Waals surface area contributed by atoms with Gasteiger partial charge in [0.1, 0.15) is 5.78 Å². The molecule has 0 bridgehead atoms. The zero-order valence-corrected chi connectivity index (χ0v) is 17.4. The van der Waals surface area contributed by atoms with Crippen molar-refractivity contribution in [2.75, 3.05) is 7.11 Å². The van der Waals surface area contributed by atoms with E-state index in [0.29, 0.717) is 30.0 Å². The molecule has 4 saturated carbocycles. The van der Waals surface area contributed by atoms with Crippen LogP contribution in [0.1, 0.15) is 72.1 Å². The van der Waals surface area contributed by atoms with Crippen molar-refractivity contribution in [1.82, 2.24) is 0 Å². The smallest absolute Gasteiger partial charge is 0.308 e. The van der Waals surface area contributed by atoms with Crippen molar-refractivity contribution < 1.29 is 19.4 Å². The zero-order valence-electron chi connectivity index (χ0n) is 17.4. The first kappa shape index (κ1) is 19.4. The van der Waals surface area contributed by atoms with Gasteiger partial charge in [0.15, 0.2) is 0 Å². The number of ether oxygens (including phenoxy) is 1. The molecule has 0 unspecified atom stereocenters. The molecule has 0 aromatic rings. The number of hydrogen-bond donors (Lipinski definition) is 1. The molecule has 0 spiro atoms. The Bertz CT molecular complexity index is 630. The van der Waals surface area contributed by atoms with Gasteiger partial charge in [0, 0.05) is 12.3 Å². The van der Waals surface area contributed by atoms with E-state index in [2.05, 4.69) is 13.8 Å². The number of hydrogen-bond acceptors (Lipinski definition) is 4. The predicted molar refractivity (Wildman–Crippen MR) is 103 cm³/mol. The first-order chi connectivity index (χ1) is 12.7. The van der Waals surface area contributed by atoms with Gasteiger partial charge in [0.25, 0.3) is 0 Å². The fourth-order valence-electron chi connectivity index (χ4n) is 8.26. The first-order valence-corrected chi connectivity index (χ1v) is 11.0. The SMILES string of the molecule is COC(=O)[C@@H](C)[C@@H]1CC[C@@H]2[C@@H]3CC[C@@H]4C[C@H](O)CC[C@]4(C)[C@@H]3C(=O)C[C@@]21C. The van der Waals surface area contributed by atoms with Crippen LogP contribution >= 0.6 is 0 Å². The second kappa shape index (κ2) is 6.57. The summed E-state index contributed by atoms with van der Waals surface area (Å²) in [6.07, 6.45) is 7.57. The Kier molecular flexibility index (Phi) is 4.73. The highest BCUT2D eigenvalue weighted by Crippen LogP contribution is 2.67. The third-order valence-electron chi connectivity index (χ3n) is 9.57. The standard InChI is InChI=1S/C23H36O4/c1-13(21(26)27-4)17-7-8-18-16-6-5-14-11-15(24)9-10-22(14,2)20(16)19(25)12-23(17,18)3/h13-18,20,24H,5-12H2,1-4H3/t13-,14+,15+,16-,17-,18+,20-,22-,23+/m0/s1. The largest absolute Gasteiger partial charge is 0.469 e. The number of aliphatic hydroxyl groups excluding tert-OH is 1. The van der Waals surface area contributed by atoms with Crippen LogP contribution in [0, 0.1) is 46.3 Å². The number of rotatable bonds is 2. The Morgan fingerprint density at radius 3 is 2.59 bits per heavy atom. The Hall–Kier alpha value is -0.900. The predicted octanol–water partition coefficient (Wildman–Crippen LogP) is 3.99. The number of carbonyl (C=O) groups excluding carboxylic acids is 2. The van der Waals surface area contributed by atoms with Gasteiger partial charge in [-0.1, -0.05) is 20.8 Å². The fraction of sp³-hybridized carbons (Fsp3) is 0.913. The Balaban J connectivity index is 1.63. The monoisotopic (exact) mass is 376 g/mol. The summed E-state index contributed by atoms with van der Waals surface area (Å²) in [5.74, 6) is 2.07. The molecule has 0 heterocycles. The van der Waals surface area contributed by atoms with Crippen LogP contribution in [0.15, 0.2) is 0 Å². The second-order valence-corrected chi connectivity index (χ2v) is 10.6. The summed E-state index contributed by atoms with van der Waals surface area (Å²) in [5, 5.41) is 10.2. The van der Waals surface area contributed by atoms with E-state index in [0.717, 1.165) is 44.9 Å². The second-order valence-electron chi connectivity index (χ2n) is 10.6. The number of aliphatic hydroxyl groups is 1. The number of fused-ring (bicyclic) bond motifs is 5. The number of Topliss-reactive ketones (excluding diaryl/α,β-unsaturated/α-hetero) is 1. The van der Waals surface area contributed by atoms with E-state index < -0.39 is 0 Å². The van der Waals surface area contributed by atoms with Gasteiger partial charge < -0.3 is 9.84 Å². The lowest BCUT2D eigenvalue weighted by Crippen LogP contribution is -2.58. The van der Waals surface area contributed by atoms with E-state index >= 15 is 0 Å². The minimum atomic E-state index is -0.180. The number of methoxy groups -OCH3 is 1. The number of esters is 1. The zero-order chi connectivity index (χ0) is 19.6. The molecule has 0 amide bonds. The van der Waals surface area contributed by atoms with Crippen molar-refractivity contribution in [3.8, 4) is 0 Å². The van der Waals surface area contributed by atoms with Crippen LogP contribution in [0.2, 0.25) is 0 Å². The highest BCUT2D eigenvalue weighted by Gasteiger charge is 2.64. The average molecular weight is 377 g/mol. The molecule has 0 aliphatic heterocycles. The van der Waals surface area contributed by atoms with E-state index in [1.807, 2.05) is 6.92 Å². The molecular formula is C23H36O4. The van der Waals surface area contributed by atoms with Crippen LogP contribution in [0.3, 0.4) is 0 Å². The highest BCUT2D eigenvalue weighted by molar-refractivity contribution is 5.84. The molecule has 152 valence electrons. The molecule has 4 fully saturated rings. The Morgan fingerprint density at radius 1 is 1.15 bits per heavy atom. The molecule has 9 atom stereocenters. The van der Waals surface area contributed by atoms with Gasteiger partial charge in [-0.25, -0.2) is 0 Å². The molecule has 4 nitrogen and oxygen atoms in total. The lowest BCUT2D eigenvalue weighted by atomic mass is 9.44. The van der Waals surface area contributed by atoms with Gasteiger partial charge in [-0.05, 0) is 79.4 Å². The maximum atomic E-state index is 13.5. The van der Waals surface area contributed by atoms with Crippen molar-refractivity contribution in [3.05, 3.63) is 0 Å².